The number of anilines is 2. The van der Waals surface area contributed by atoms with E-state index < -0.39 is 37.6 Å². The summed E-state index contributed by atoms with van der Waals surface area (Å²) in [5.41, 5.74) is 1.86. The van der Waals surface area contributed by atoms with Gasteiger partial charge in [-0.05, 0) is 48.8 Å². The lowest BCUT2D eigenvalue weighted by Crippen LogP contribution is -2.48. The van der Waals surface area contributed by atoms with Crippen molar-refractivity contribution in [3.63, 3.8) is 0 Å². The third-order valence-electron chi connectivity index (χ3n) is 9.92. The second-order valence-corrected chi connectivity index (χ2v) is 16.7. The summed E-state index contributed by atoms with van der Waals surface area (Å²) in [4.78, 5) is 46.1. The Kier molecular flexibility index (Phi) is 8.02. The maximum atomic E-state index is 16.3. The van der Waals surface area contributed by atoms with Crippen molar-refractivity contribution >= 4 is 37.5 Å². The van der Waals surface area contributed by atoms with Crippen molar-refractivity contribution in [3.05, 3.63) is 71.8 Å². The molecular weight excluding hydrogens is 579 g/mol. The smallest absolute Gasteiger partial charge is 0.264 e. The van der Waals surface area contributed by atoms with Crippen LogP contribution in [0.1, 0.15) is 30.0 Å². The first-order valence-corrected chi connectivity index (χ1v) is 18.4. The number of carbonyl (C=O) groups excluding carboxylic acids is 3. The van der Waals surface area contributed by atoms with Crippen molar-refractivity contribution in [1.29, 1.82) is 0 Å². The molecular formula is C33H41FN4O5Si. The SMILES string of the molecule is C=CCN1C(=O)[C@]2(O[C@H](CC(=O)N3Cc4ccccc4C[C@H]3CO)[C@@H]([Si](C)(C)F)[C@@H]2C)c2cc(N3CCNCC3=O)ccc21. The number of halogens is 1. The highest BCUT2D eigenvalue weighted by molar-refractivity contribution is 6.72. The molecule has 0 radical (unpaired) electrons. The molecule has 234 valence electrons. The zero-order chi connectivity index (χ0) is 31.4. The number of rotatable bonds is 7. The first-order chi connectivity index (χ1) is 21.0. The second kappa shape index (κ2) is 11.5. The zero-order valence-electron chi connectivity index (χ0n) is 25.6. The molecule has 2 saturated heterocycles. The number of ether oxygens (including phenoxy) is 1. The lowest BCUT2D eigenvalue weighted by atomic mass is 9.82. The van der Waals surface area contributed by atoms with Crippen LogP contribution in [0.5, 0.6) is 0 Å². The van der Waals surface area contributed by atoms with Gasteiger partial charge in [-0.15, -0.1) is 6.58 Å². The minimum absolute atomic E-state index is 0.0712. The number of amides is 3. The van der Waals surface area contributed by atoms with Crippen molar-refractivity contribution in [2.45, 2.75) is 62.7 Å². The lowest BCUT2D eigenvalue weighted by Gasteiger charge is -2.37. The number of aliphatic hydroxyl groups excluding tert-OH is 1. The summed E-state index contributed by atoms with van der Waals surface area (Å²) in [6.45, 7) is 10.7. The molecule has 4 aliphatic rings. The maximum Gasteiger partial charge on any atom is 0.264 e. The molecule has 5 atom stereocenters. The number of aliphatic hydroxyl groups is 1. The van der Waals surface area contributed by atoms with Gasteiger partial charge in [0.1, 0.15) is 0 Å². The Morgan fingerprint density at radius 1 is 1.23 bits per heavy atom. The van der Waals surface area contributed by atoms with Gasteiger partial charge in [0.05, 0.1) is 37.4 Å². The largest absolute Gasteiger partial charge is 0.394 e. The summed E-state index contributed by atoms with van der Waals surface area (Å²) in [7, 11) is -3.50. The third kappa shape index (κ3) is 4.90. The van der Waals surface area contributed by atoms with Gasteiger partial charge in [0.2, 0.25) is 20.2 Å². The molecule has 0 aliphatic carbocycles. The van der Waals surface area contributed by atoms with Crippen molar-refractivity contribution in [2.24, 2.45) is 5.92 Å². The van der Waals surface area contributed by atoms with Gasteiger partial charge in [0.15, 0.2) is 5.60 Å². The number of hydrogen-bond donors (Lipinski definition) is 2. The first-order valence-electron chi connectivity index (χ1n) is 15.4. The monoisotopic (exact) mass is 620 g/mol. The fraction of sp³-hybridized carbons (Fsp3) is 0.485. The summed E-state index contributed by atoms with van der Waals surface area (Å²) in [6.07, 6.45) is 1.23. The van der Waals surface area contributed by atoms with Crippen LogP contribution >= 0.6 is 0 Å². The Bertz CT molecular complexity index is 1500. The van der Waals surface area contributed by atoms with Crippen LogP contribution in [-0.2, 0) is 37.7 Å². The Labute approximate surface area is 258 Å². The van der Waals surface area contributed by atoms with E-state index in [0.29, 0.717) is 43.0 Å². The van der Waals surface area contributed by atoms with Gasteiger partial charge >= 0.3 is 0 Å². The van der Waals surface area contributed by atoms with E-state index in [0.717, 1.165) is 11.1 Å². The Morgan fingerprint density at radius 3 is 2.66 bits per heavy atom. The van der Waals surface area contributed by atoms with Crippen LogP contribution in [0, 0.1) is 5.92 Å². The molecule has 0 unspecified atom stereocenters. The molecule has 3 amide bonds. The van der Waals surface area contributed by atoms with Crippen LogP contribution in [0.4, 0.5) is 15.5 Å². The predicted octanol–water partition coefficient (Wildman–Crippen LogP) is 3.27. The van der Waals surface area contributed by atoms with Crippen molar-refractivity contribution in [2.75, 3.05) is 42.6 Å². The number of carbonyl (C=O) groups is 3. The van der Waals surface area contributed by atoms with E-state index in [4.69, 9.17) is 4.74 Å². The van der Waals surface area contributed by atoms with Crippen LogP contribution in [0.3, 0.4) is 0 Å². The molecule has 2 aromatic carbocycles. The van der Waals surface area contributed by atoms with E-state index in [-0.39, 0.29) is 43.8 Å². The molecule has 0 aromatic heterocycles. The van der Waals surface area contributed by atoms with Crippen LogP contribution in [0.15, 0.2) is 55.1 Å². The van der Waals surface area contributed by atoms with E-state index in [1.165, 1.54) is 0 Å². The molecule has 6 rings (SSSR count). The van der Waals surface area contributed by atoms with Gasteiger partial charge in [-0.25, -0.2) is 0 Å². The Balaban J connectivity index is 1.38. The van der Waals surface area contributed by atoms with Gasteiger partial charge in [0.25, 0.3) is 5.91 Å². The van der Waals surface area contributed by atoms with E-state index in [2.05, 4.69) is 11.9 Å². The standard InChI is InChI=1S/C33H41FN4O5Si/c1-5-13-37-27-11-10-24(36-14-12-35-18-30(36)41)16-26(27)33(32(37)42)21(2)31(44(3,4)34)28(43-33)17-29(40)38-19-23-9-7-6-8-22(23)15-25(38)20-39/h5-11,16,21,25,28,31,35,39H,1,12-15,17-20H2,2-4H3/t21-,25-,28+,31-,33+/m0/s1. The number of nitrogens with one attached hydrogen (secondary N) is 1. The van der Waals surface area contributed by atoms with Gasteiger partial charge < -0.3 is 34.0 Å². The van der Waals surface area contributed by atoms with E-state index in [1.54, 1.807) is 33.9 Å². The highest BCUT2D eigenvalue weighted by Crippen LogP contribution is 2.60. The molecule has 9 nitrogen and oxygen atoms in total. The molecule has 11 heteroatoms. The van der Waals surface area contributed by atoms with Crippen LogP contribution in [0.2, 0.25) is 18.6 Å². The zero-order valence-corrected chi connectivity index (χ0v) is 26.6. The first kappa shape index (κ1) is 30.6. The molecule has 44 heavy (non-hydrogen) atoms. The minimum Gasteiger partial charge on any atom is -0.394 e. The molecule has 2 aromatic rings. The Hall–Kier alpha value is -3.38. The van der Waals surface area contributed by atoms with Crippen molar-refractivity contribution < 1.29 is 28.3 Å². The minimum atomic E-state index is -3.50. The van der Waals surface area contributed by atoms with Crippen molar-refractivity contribution in [3.8, 4) is 0 Å². The van der Waals surface area contributed by atoms with Gasteiger partial charge in [-0.3, -0.25) is 14.4 Å². The van der Waals surface area contributed by atoms with E-state index in [1.807, 2.05) is 49.4 Å². The van der Waals surface area contributed by atoms with Crippen molar-refractivity contribution in [1.82, 2.24) is 10.2 Å². The van der Waals surface area contributed by atoms with Gasteiger partial charge in [-0.2, -0.15) is 0 Å². The third-order valence-corrected chi connectivity index (χ3v) is 12.4. The quantitative estimate of drug-likeness (QED) is 0.280. The molecule has 0 bridgehead atoms. The number of nitrogens with zero attached hydrogens (tertiary/aromatic N) is 3. The van der Waals surface area contributed by atoms with Gasteiger partial charge in [-0.1, -0.05) is 37.3 Å². The second-order valence-electron chi connectivity index (χ2n) is 12.9. The highest BCUT2D eigenvalue weighted by Gasteiger charge is 2.67. The summed E-state index contributed by atoms with van der Waals surface area (Å²) in [6, 6.07) is 13.0. The van der Waals surface area contributed by atoms with Crippen LogP contribution in [0.25, 0.3) is 0 Å². The number of fused-ring (bicyclic) bond motifs is 3. The van der Waals surface area contributed by atoms with E-state index in [9.17, 15) is 19.5 Å². The van der Waals surface area contributed by atoms with E-state index >= 15 is 4.11 Å². The predicted molar refractivity (Wildman–Crippen MR) is 168 cm³/mol. The molecule has 4 heterocycles. The fourth-order valence-corrected chi connectivity index (χ4v) is 10.4. The summed E-state index contributed by atoms with van der Waals surface area (Å²) in [5.74, 6) is -1.18. The highest BCUT2D eigenvalue weighted by atomic mass is 28.4. The molecule has 4 aliphatic heterocycles. The number of hydrogen-bond acceptors (Lipinski definition) is 6. The topological polar surface area (TPSA) is 102 Å². The normalized spacial score (nSPS) is 28.4. The average molecular weight is 621 g/mol. The van der Waals surface area contributed by atoms with Crippen LogP contribution < -0.4 is 15.1 Å². The molecule has 0 saturated carbocycles. The maximum absolute atomic E-state index is 16.3. The fourth-order valence-electron chi connectivity index (χ4n) is 7.92. The number of benzene rings is 2. The summed E-state index contributed by atoms with van der Waals surface area (Å²) in [5, 5.41) is 13.3. The summed E-state index contributed by atoms with van der Waals surface area (Å²) < 4.78 is 23.1. The molecule has 2 fully saturated rings. The summed E-state index contributed by atoms with van der Waals surface area (Å²) >= 11 is 0. The number of piperazine rings is 1. The molecule has 2 N–H and O–H groups in total. The van der Waals surface area contributed by atoms with Crippen LogP contribution in [-0.4, -0.2) is 81.1 Å². The Morgan fingerprint density at radius 2 is 1.98 bits per heavy atom. The van der Waals surface area contributed by atoms with Gasteiger partial charge in [0, 0.05) is 48.9 Å². The average Bonchev–Trinajstić information content (AvgIpc) is 3.42. The lowest BCUT2D eigenvalue weighted by molar-refractivity contribution is -0.150. The molecule has 1 spiro atoms.